The van der Waals surface area contributed by atoms with E-state index in [0.29, 0.717) is 0 Å². The first-order valence-corrected chi connectivity index (χ1v) is 23.0. The van der Waals surface area contributed by atoms with Crippen molar-refractivity contribution in [1.82, 2.24) is 15.3 Å². The number of fused-ring (bicyclic) bond motifs is 6. The molecule has 1 aliphatic heterocycles. The summed E-state index contributed by atoms with van der Waals surface area (Å²) in [5.74, 6) is 0. The predicted octanol–water partition coefficient (Wildman–Crippen LogP) is 10.6. The SMILES string of the molecule is c1ccc([SiH2]c2cccc(N3NC(c4cccc(-n5c6ccccc6c6cc7c(cc65)-c5ccccc5C7(c5ccccc5)c5ccccc5)c4)NC3c3ccccc3)c2)cc1. The van der Waals surface area contributed by atoms with Crippen LogP contribution >= 0.6 is 0 Å². The molecule has 296 valence electrons. The Morgan fingerprint density at radius 1 is 0.419 bits per heavy atom. The minimum atomic E-state index is -0.622. The molecule has 2 unspecified atom stereocenters. The van der Waals surface area contributed by atoms with Crippen molar-refractivity contribution >= 4 is 47.4 Å². The lowest BCUT2D eigenvalue weighted by Crippen LogP contribution is -2.35. The monoisotopic (exact) mass is 812 g/mol. The fourth-order valence-electron chi connectivity index (χ4n) is 10.4. The van der Waals surface area contributed by atoms with Crippen molar-refractivity contribution in [2.75, 3.05) is 5.01 Å². The van der Waals surface area contributed by atoms with Crippen LogP contribution in [0.1, 0.15) is 45.7 Å². The Bertz CT molecular complexity index is 3200. The van der Waals surface area contributed by atoms with Crippen LogP contribution in [0.25, 0.3) is 38.6 Å². The summed E-state index contributed by atoms with van der Waals surface area (Å²) in [7, 11) is -0.622. The van der Waals surface area contributed by atoms with Gasteiger partial charge in [-0.15, -0.1) is 0 Å². The summed E-state index contributed by atoms with van der Waals surface area (Å²) in [6.45, 7) is 0. The summed E-state index contributed by atoms with van der Waals surface area (Å²) in [6.07, 6.45) is -0.194. The maximum Gasteiger partial charge on any atom is 0.122 e. The van der Waals surface area contributed by atoms with E-state index in [0.717, 1.165) is 11.4 Å². The molecular formula is C57H44N4Si. The van der Waals surface area contributed by atoms with Gasteiger partial charge in [0, 0.05) is 16.5 Å². The first-order chi connectivity index (χ1) is 30.7. The molecule has 1 aliphatic carbocycles. The van der Waals surface area contributed by atoms with Crippen LogP contribution in [0.15, 0.2) is 231 Å². The maximum absolute atomic E-state index is 3.99. The standard InChI is InChI=1S/C57H44N4Si/c1-5-19-39(20-6-1)56-58-55(59-61(56)44-27-18-30-46(36-44)62-45-28-11-4-12-29-45)40-21-17-26-43(35-40)60-53-34-16-14-32-48(53)50-37-52-49(38-54(50)60)47-31-13-15-33-51(47)57(52,41-22-7-2-8-23-41)42-24-9-3-10-25-42/h1-38,55-56,58-59H,62H2. The Hall–Kier alpha value is -7.28. The topological polar surface area (TPSA) is 32.2 Å². The highest BCUT2D eigenvalue weighted by Crippen LogP contribution is 2.57. The molecule has 4 nitrogen and oxygen atoms in total. The summed E-state index contributed by atoms with van der Waals surface area (Å²) in [5, 5.41) is 11.7. The van der Waals surface area contributed by atoms with Crippen LogP contribution in [0.4, 0.5) is 5.69 Å². The van der Waals surface area contributed by atoms with Crippen molar-refractivity contribution in [3.8, 4) is 16.8 Å². The number of anilines is 1. The first-order valence-electron chi connectivity index (χ1n) is 21.6. The molecule has 12 rings (SSSR count). The largest absolute Gasteiger partial charge is 0.309 e. The number of hydrogen-bond acceptors (Lipinski definition) is 3. The van der Waals surface area contributed by atoms with Crippen LogP contribution in [0.3, 0.4) is 0 Å². The van der Waals surface area contributed by atoms with Crippen molar-refractivity contribution in [3.05, 3.63) is 264 Å². The quantitative estimate of drug-likeness (QED) is 0.150. The second-order valence-electron chi connectivity index (χ2n) is 16.6. The Morgan fingerprint density at radius 2 is 1.03 bits per heavy atom. The summed E-state index contributed by atoms with van der Waals surface area (Å²) < 4.78 is 2.47. The Morgan fingerprint density at radius 3 is 1.81 bits per heavy atom. The van der Waals surface area contributed by atoms with Crippen molar-refractivity contribution in [2.24, 2.45) is 0 Å². The molecule has 2 atom stereocenters. The number of rotatable bonds is 8. The van der Waals surface area contributed by atoms with Gasteiger partial charge in [0.25, 0.3) is 0 Å². The third-order valence-corrected chi connectivity index (χ3v) is 14.8. The van der Waals surface area contributed by atoms with Crippen molar-refractivity contribution in [3.63, 3.8) is 0 Å². The van der Waals surface area contributed by atoms with E-state index in [2.05, 4.69) is 251 Å². The lowest BCUT2D eigenvalue weighted by molar-refractivity contribution is 0.554. The number of benzene rings is 9. The Labute approximate surface area is 364 Å². The summed E-state index contributed by atoms with van der Waals surface area (Å²) >= 11 is 0. The zero-order valence-electron chi connectivity index (χ0n) is 34.2. The number of hydrogen-bond donors (Lipinski definition) is 2. The zero-order chi connectivity index (χ0) is 41.0. The van der Waals surface area contributed by atoms with Gasteiger partial charge >= 0.3 is 0 Å². The van der Waals surface area contributed by atoms with E-state index >= 15 is 0 Å². The maximum atomic E-state index is 3.99. The highest BCUT2D eigenvalue weighted by Gasteiger charge is 2.46. The lowest BCUT2D eigenvalue weighted by atomic mass is 9.67. The van der Waals surface area contributed by atoms with Crippen LogP contribution in [0, 0.1) is 0 Å². The molecule has 0 bridgehead atoms. The fraction of sp³-hybridized carbons (Fsp3) is 0.0526. The van der Waals surface area contributed by atoms with E-state index in [1.165, 1.54) is 76.7 Å². The van der Waals surface area contributed by atoms with Gasteiger partial charge in [-0.05, 0) is 87.0 Å². The van der Waals surface area contributed by atoms with Crippen molar-refractivity contribution < 1.29 is 0 Å². The fourth-order valence-corrected chi connectivity index (χ4v) is 12.0. The zero-order valence-corrected chi connectivity index (χ0v) is 35.6. The average Bonchev–Trinajstić information content (AvgIpc) is 4.02. The second-order valence-corrected chi connectivity index (χ2v) is 18.6. The number of aromatic nitrogens is 1. The average molecular weight is 813 g/mol. The van der Waals surface area contributed by atoms with Gasteiger partial charge in [0.15, 0.2) is 0 Å². The van der Waals surface area contributed by atoms with Gasteiger partial charge in [-0.2, -0.15) is 0 Å². The molecule has 1 aromatic heterocycles. The number of hydrazine groups is 1. The van der Waals surface area contributed by atoms with Crippen LogP contribution in [0.5, 0.6) is 0 Å². The molecule has 0 radical (unpaired) electrons. The minimum absolute atomic E-state index is 0.0658. The molecule has 9 aromatic carbocycles. The molecule has 0 saturated carbocycles. The number of para-hydroxylation sites is 1. The predicted molar refractivity (Wildman–Crippen MR) is 259 cm³/mol. The van der Waals surface area contributed by atoms with Gasteiger partial charge in [-0.25, -0.2) is 5.43 Å². The second kappa shape index (κ2) is 15.0. The summed E-state index contributed by atoms with van der Waals surface area (Å²) in [5.41, 5.74) is 18.3. The number of nitrogens with zero attached hydrogens (tertiary/aromatic N) is 2. The third-order valence-electron chi connectivity index (χ3n) is 13.1. The van der Waals surface area contributed by atoms with Crippen molar-refractivity contribution in [1.29, 1.82) is 0 Å². The molecule has 0 spiro atoms. The van der Waals surface area contributed by atoms with Crippen molar-refractivity contribution in [2.45, 2.75) is 17.7 Å². The van der Waals surface area contributed by atoms with Crippen LogP contribution in [0.2, 0.25) is 0 Å². The van der Waals surface area contributed by atoms with Gasteiger partial charge in [-0.3, -0.25) is 10.3 Å². The third kappa shape index (κ3) is 5.89. The van der Waals surface area contributed by atoms with E-state index in [9.17, 15) is 0 Å². The number of nitrogens with one attached hydrogen (secondary N) is 2. The van der Waals surface area contributed by atoms with E-state index in [4.69, 9.17) is 0 Å². The van der Waals surface area contributed by atoms with Gasteiger partial charge in [-0.1, -0.05) is 198 Å². The first kappa shape index (κ1) is 36.6. The normalized spacial score (nSPS) is 16.6. The van der Waals surface area contributed by atoms with E-state index in [-0.39, 0.29) is 12.3 Å². The van der Waals surface area contributed by atoms with E-state index < -0.39 is 14.9 Å². The van der Waals surface area contributed by atoms with Crippen LogP contribution < -0.4 is 26.1 Å². The molecule has 1 saturated heterocycles. The van der Waals surface area contributed by atoms with E-state index in [1.807, 2.05) is 0 Å². The van der Waals surface area contributed by atoms with Crippen LogP contribution in [-0.4, -0.2) is 14.1 Å². The lowest BCUT2D eigenvalue weighted by Gasteiger charge is -2.34. The molecule has 2 heterocycles. The Kier molecular flexibility index (Phi) is 8.85. The van der Waals surface area contributed by atoms with Gasteiger partial charge in [0.1, 0.15) is 12.3 Å². The highest BCUT2D eigenvalue weighted by molar-refractivity contribution is 6.67. The van der Waals surface area contributed by atoms with E-state index in [1.54, 1.807) is 0 Å². The molecule has 2 aliphatic rings. The molecule has 10 aromatic rings. The Balaban J connectivity index is 0.991. The smallest absolute Gasteiger partial charge is 0.122 e. The molecule has 5 heteroatoms. The molecule has 0 amide bonds. The van der Waals surface area contributed by atoms with Gasteiger partial charge < -0.3 is 4.57 Å². The molecular weight excluding hydrogens is 769 g/mol. The summed E-state index contributed by atoms with van der Waals surface area (Å²) in [6, 6.07) is 84.9. The molecule has 2 N–H and O–H groups in total. The minimum Gasteiger partial charge on any atom is -0.309 e. The highest BCUT2D eigenvalue weighted by atomic mass is 28.2. The summed E-state index contributed by atoms with van der Waals surface area (Å²) in [4.78, 5) is 0. The van der Waals surface area contributed by atoms with Gasteiger partial charge in [0.2, 0.25) is 0 Å². The molecule has 1 fully saturated rings. The molecule has 62 heavy (non-hydrogen) atoms. The van der Waals surface area contributed by atoms with Gasteiger partial charge in [0.05, 0.1) is 31.7 Å². The van der Waals surface area contributed by atoms with Crippen LogP contribution in [-0.2, 0) is 5.41 Å².